The number of nitrogens with one attached hydrogen (secondary N) is 1. The highest BCUT2D eigenvalue weighted by molar-refractivity contribution is 5.90. The molecule has 0 bridgehead atoms. The number of benzene rings is 1. The number of aromatic nitrogens is 1. The Balaban J connectivity index is 1.61. The highest BCUT2D eigenvalue weighted by atomic mass is 16.5. The molecule has 1 aromatic carbocycles. The van der Waals surface area contributed by atoms with Crippen LogP contribution in [0.25, 0.3) is 10.8 Å². The van der Waals surface area contributed by atoms with Crippen LogP contribution >= 0.6 is 0 Å². The second-order valence-corrected chi connectivity index (χ2v) is 6.43. The zero-order chi connectivity index (χ0) is 16.1. The average Bonchev–Trinajstić information content (AvgIpc) is 2.57. The minimum absolute atomic E-state index is 0.265. The average molecular weight is 314 g/mol. The van der Waals surface area contributed by atoms with Crippen molar-refractivity contribution in [2.24, 2.45) is 0 Å². The van der Waals surface area contributed by atoms with Crippen molar-refractivity contribution in [3.63, 3.8) is 0 Å². The SMILES string of the molecule is Cc1cncc2cccc(OC3CCC(NCCCO)CC3)c12. The van der Waals surface area contributed by atoms with Crippen LogP contribution in [0.15, 0.2) is 30.6 Å². The van der Waals surface area contributed by atoms with Crippen molar-refractivity contribution in [2.45, 2.75) is 51.2 Å². The summed E-state index contributed by atoms with van der Waals surface area (Å²) >= 11 is 0. The summed E-state index contributed by atoms with van der Waals surface area (Å²) in [6, 6.07) is 6.77. The largest absolute Gasteiger partial charge is 0.490 e. The summed E-state index contributed by atoms with van der Waals surface area (Å²) in [5.74, 6) is 0.985. The molecule has 1 heterocycles. The van der Waals surface area contributed by atoms with Gasteiger partial charge in [0, 0.05) is 35.8 Å². The van der Waals surface area contributed by atoms with Gasteiger partial charge >= 0.3 is 0 Å². The molecular weight excluding hydrogens is 288 g/mol. The van der Waals surface area contributed by atoms with Crippen molar-refractivity contribution in [3.8, 4) is 5.75 Å². The highest BCUT2D eigenvalue weighted by Gasteiger charge is 2.22. The number of pyridine rings is 1. The topological polar surface area (TPSA) is 54.4 Å². The number of rotatable bonds is 6. The van der Waals surface area contributed by atoms with Gasteiger partial charge in [-0.3, -0.25) is 4.98 Å². The minimum Gasteiger partial charge on any atom is -0.490 e. The van der Waals surface area contributed by atoms with Crippen molar-refractivity contribution in [1.29, 1.82) is 0 Å². The van der Waals surface area contributed by atoms with Crippen molar-refractivity contribution in [1.82, 2.24) is 10.3 Å². The van der Waals surface area contributed by atoms with E-state index in [1.165, 1.54) is 5.39 Å². The Bertz CT molecular complexity index is 631. The summed E-state index contributed by atoms with van der Waals surface area (Å²) in [7, 11) is 0. The van der Waals surface area contributed by atoms with E-state index in [1.54, 1.807) is 0 Å². The number of nitrogens with zero attached hydrogens (tertiary/aromatic N) is 1. The Morgan fingerprint density at radius 1 is 1.22 bits per heavy atom. The van der Waals surface area contributed by atoms with Crippen LogP contribution in [0.2, 0.25) is 0 Å². The first-order chi connectivity index (χ1) is 11.3. The predicted molar refractivity (Wildman–Crippen MR) is 92.9 cm³/mol. The van der Waals surface area contributed by atoms with Gasteiger partial charge in [0.1, 0.15) is 5.75 Å². The molecule has 3 rings (SSSR count). The fourth-order valence-electron chi connectivity index (χ4n) is 3.42. The quantitative estimate of drug-likeness (QED) is 0.804. The maximum Gasteiger partial charge on any atom is 0.127 e. The summed E-state index contributed by atoms with van der Waals surface area (Å²) in [4.78, 5) is 4.26. The van der Waals surface area contributed by atoms with Crippen LogP contribution in [-0.4, -0.2) is 35.4 Å². The van der Waals surface area contributed by atoms with Gasteiger partial charge in [-0.1, -0.05) is 12.1 Å². The van der Waals surface area contributed by atoms with Crippen LogP contribution in [0.4, 0.5) is 0 Å². The van der Waals surface area contributed by atoms with Crippen molar-refractivity contribution in [3.05, 3.63) is 36.2 Å². The molecule has 124 valence electrons. The van der Waals surface area contributed by atoms with Gasteiger partial charge < -0.3 is 15.2 Å². The normalized spacial score (nSPS) is 21.5. The van der Waals surface area contributed by atoms with Gasteiger partial charge in [0.2, 0.25) is 0 Å². The standard InChI is InChI=1S/C19H26N2O2/c1-14-12-20-13-15-4-2-5-18(19(14)15)23-17-8-6-16(7-9-17)21-10-3-11-22/h2,4-5,12-13,16-17,21-22H,3,6-11H2,1H3. The van der Waals surface area contributed by atoms with Crippen LogP contribution < -0.4 is 10.1 Å². The summed E-state index contributed by atoms with van der Waals surface area (Å²) in [5.41, 5.74) is 1.16. The van der Waals surface area contributed by atoms with E-state index in [0.29, 0.717) is 12.1 Å². The molecule has 1 aliphatic carbocycles. The zero-order valence-corrected chi connectivity index (χ0v) is 13.8. The Labute approximate surface area is 137 Å². The lowest BCUT2D eigenvalue weighted by Crippen LogP contribution is -2.37. The number of aryl methyl sites for hydroxylation is 1. The fraction of sp³-hybridized carbons (Fsp3) is 0.526. The number of aliphatic hydroxyl groups excluding tert-OH is 1. The number of fused-ring (bicyclic) bond motifs is 1. The van der Waals surface area contributed by atoms with Crippen LogP contribution in [0.1, 0.15) is 37.7 Å². The molecule has 0 amide bonds. The first kappa shape index (κ1) is 16.2. The van der Waals surface area contributed by atoms with Crippen molar-refractivity contribution in [2.75, 3.05) is 13.2 Å². The second kappa shape index (κ2) is 7.75. The van der Waals surface area contributed by atoms with Crippen LogP contribution in [0, 0.1) is 6.92 Å². The van der Waals surface area contributed by atoms with Gasteiger partial charge in [-0.05, 0) is 57.2 Å². The number of aliphatic hydroxyl groups is 1. The van der Waals surface area contributed by atoms with Gasteiger partial charge in [0.25, 0.3) is 0 Å². The zero-order valence-electron chi connectivity index (χ0n) is 13.8. The molecule has 1 saturated carbocycles. The molecule has 2 N–H and O–H groups in total. The number of hydrogen-bond acceptors (Lipinski definition) is 4. The summed E-state index contributed by atoms with van der Waals surface area (Å²) in [6.07, 6.45) is 9.37. The molecule has 0 unspecified atom stereocenters. The maximum atomic E-state index is 8.85. The Morgan fingerprint density at radius 2 is 2.04 bits per heavy atom. The first-order valence-corrected chi connectivity index (χ1v) is 8.62. The van der Waals surface area contributed by atoms with E-state index in [2.05, 4.69) is 29.4 Å². The molecule has 2 aromatic rings. The number of ether oxygens (including phenoxy) is 1. The van der Waals surface area contributed by atoms with Crippen molar-refractivity contribution < 1.29 is 9.84 Å². The number of hydrogen-bond donors (Lipinski definition) is 2. The minimum atomic E-state index is 0.265. The highest BCUT2D eigenvalue weighted by Crippen LogP contribution is 2.31. The summed E-state index contributed by atoms with van der Waals surface area (Å²) < 4.78 is 6.33. The molecule has 4 nitrogen and oxygen atoms in total. The molecular formula is C19H26N2O2. The maximum absolute atomic E-state index is 8.85. The Hall–Kier alpha value is -1.65. The molecule has 4 heteroatoms. The van der Waals surface area contributed by atoms with Crippen LogP contribution in [0.5, 0.6) is 5.75 Å². The lowest BCUT2D eigenvalue weighted by molar-refractivity contribution is 0.140. The van der Waals surface area contributed by atoms with E-state index in [9.17, 15) is 0 Å². The molecule has 0 spiro atoms. The molecule has 1 aromatic heterocycles. The van der Waals surface area contributed by atoms with E-state index >= 15 is 0 Å². The molecule has 0 atom stereocenters. The van der Waals surface area contributed by atoms with Crippen LogP contribution in [-0.2, 0) is 0 Å². The molecule has 0 radical (unpaired) electrons. The third kappa shape index (κ3) is 4.01. The van der Waals surface area contributed by atoms with Gasteiger partial charge in [0.05, 0.1) is 6.10 Å². The van der Waals surface area contributed by atoms with E-state index < -0.39 is 0 Å². The molecule has 0 aliphatic heterocycles. The van der Waals surface area contributed by atoms with E-state index in [1.807, 2.05) is 18.5 Å². The second-order valence-electron chi connectivity index (χ2n) is 6.43. The van der Waals surface area contributed by atoms with E-state index in [0.717, 1.165) is 55.3 Å². The molecule has 23 heavy (non-hydrogen) atoms. The Morgan fingerprint density at radius 3 is 2.83 bits per heavy atom. The van der Waals surface area contributed by atoms with E-state index in [-0.39, 0.29) is 6.61 Å². The van der Waals surface area contributed by atoms with Gasteiger partial charge in [-0.25, -0.2) is 0 Å². The molecule has 0 saturated heterocycles. The van der Waals surface area contributed by atoms with Crippen molar-refractivity contribution >= 4 is 10.8 Å². The predicted octanol–water partition coefficient (Wildman–Crippen LogP) is 3.21. The van der Waals surface area contributed by atoms with Gasteiger partial charge in [-0.15, -0.1) is 0 Å². The fourth-order valence-corrected chi connectivity index (χ4v) is 3.42. The van der Waals surface area contributed by atoms with Gasteiger partial charge in [-0.2, -0.15) is 0 Å². The van der Waals surface area contributed by atoms with E-state index in [4.69, 9.17) is 9.84 Å². The molecule has 1 aliphatic rings. The lowest BCUT2D eigenvalue weighted by Gasteiger charge is -2.30. The first-order valence-electron chi connectivity index (χ1n) is 8.62. The van der Waals surface area contributed by atoms with Gasteiger partial charge in [0.15, 0.2) is 0 Å². The molecule has 1 fully saturated rings. The Kier molecular flexibility index (Phi) is 5.47. The third-order valence-corrected chi connectivity index (χ3v) is 4.67. The van der Waals surface area contributed by atoms with Crippen LogP contribution in [0.3, 0.4) is 0 Å². The third-order valence-electron chi connectivity index (χ3n) is 4.67. The monoisotopic (exact) mass is 314 g/mol. The lowest BCUT2D eigenvalue weighted by atomic mass is 9.92. The summed E-state index contributed by atoms with van der Waals surface area (Å²) in [5, 5.41) is 14.7. The smallest absolute Gasteiger partial charge is 0.127 e. The summed E-state index contributed by atoms with van der Waals surface area (Å²) in [6.45, 7) is 3.26.